The first-order chi connectivity index (χ1) is 9.13. The van der Waals surface area contributed by atoms with E-state index in [1.165, 1.54) is 6.21 Å². The Balaban J connectivity index is 2.44. The Hall–Kier alpha value is -2.36. The summed E-state index contributed by atoms with van der Waals surface area (Å²) in [6.07, 6.45) is 4.15. The number of nitrogens with zero attached hydrogens (tertiary/aromatic N) is 2. The summed E-state index contributed by atoms with van der Waals surface area (Å²) in [6.45, 7) is 7.80. The van der Waals surface area contributed by atoms with Gasteiger partial charge in [-0.3, -0.25) is 4.57 Å². The van der Waals surface area contributed by atoms with Crippen LogP contribution in [0.3, 0.4) is 0 Å². The first-order valence-electron chi connectivity index (χ1n) is 6.25. The summed E-state index contributed by atoms with van der Waals surface area (Å²) in [5, 5.41) is 10.7. The zero-order valence-corrected chi connectivity index (χ0v) is 11.3. The molecule has 0 atom stereocenters. The molecule has 2 aromatic heterocycles. The summed E-state index contributed by atoms with van der Waals surface area (Å²) in [5.41, 5.74) is 3.60. The van der Waals surface area contributed by atoms with Crippen molar-refractivity contribution in [1.29, 1.82) is 5.41 Å². The zero-order valence-electron chi connectivity index (χ0n) is 11.3. The van der Waals surface area contributed by atoms with Crippen LogP contribution in [-0.2, 0) is 6.42 Å². The molecular weight excluding hydrogens is 236 g/mol. The normalized spacial score (nSPS) is 10.2. The van der Waals surface area contributed by atoms with E-state index in [0.717, 1.165) is 35.0 Å². The molecule has 0 radical (unpaired) electrons. The van der Waals surface area contributed by atoms with Gasteiger partial charge in [-0.2, -0.15) is 0 Å². The Kier molecular flexibility index (Phi) is 3.80. The van der Waals surface area contributed by atoms with Crippen LogP contribution < -0.4 is 5.32 Å². The predicted octanol–water partition coefficient (Wildman–Crippen LogP) is 3.38. The van der Waals surface area contributed by atoms with Crippen molar-refractivity contribution in [3.8, 4) is 5.82 Å². The molecule has 0 aliphatic carbocycles. The molecule has 0 aliphatic rings. The van der Waals surface area contributed by atoms with Gasteiger partial charge in [0.2, 0.25) is 0 Å². The van der Waals surface area contributed by atoms with E-state index in [-0.39, 0.29) is 0 Å². The summed E-state index contributed by atoms with van der Waals surface area (Å²) < 4.78 is 1.90. The van der Waals surface area contributed by atoms with Crippen LogP contribution in [0.25, 0.3) is 5.82 Å². The van der Waals surface area contributed by atoms with Crippen molar-refractivity contribution in [2.45, 2.75) is 20.3 Å². The summed E-state index contributed by atoms with van der Waals surface area (Å²) >= 11 is 0. The molecule has 2 N–H and O–H groups in total. The summed E-state index contributed by atoms with van der Waals surface area (Å²) in [4.78, 5) is 4.57. The van der Waals surface area contributed by atoms with Crippen molar-refractivity contribution in [3.05, 3.63) is 54.1 Å². The number of pyridine rings is 1. The highest BCUT2D eigenvalue weighted by Gasteiger charge is 2.07. The van der Waals surface area contributed by atoms with Gasteiger partial charge >= 0.3 is 0 Å². The number of hydrogen-bond donors (Lipinski definition) is 2. The minimum absolute atomic E-state index is 0.782. The van der Waals surface area contributed by atoms with E-state index in [1.54, 1.807) is 0 Å². The third kappa shape index (κ3) is 2.91. The lowest BCUT2D eigenvalue weighted by Crippen LogP contribution is -2.02. The first kappa shape index (κ1) is 13.1. The highest BCUT2D eigenvalue weighted by Crippen LogP contribution is 2.18. The van der Waals surface area contributed by atoms with Gasteiger partial charge in [0, 0.05) is 23.8 Å². The smallest absolute Gasteiger partial charge is 0.137 e. The predicted molar refractivity (Wildman–Crippen MR) is 79.3 cm³/mol. The molecule has 0 aromatic carbocycles. The van der Waals surface area contributed by atoms with Crippen LogP contribution in [0.15, 0.2) is 42.7 Å². The molecule has 2 heterocycles. The Morgan fingerprint density at radius 3 is 2.95 bits per heavy atom. The fourth-order valence-corrected chi connectivity index (χ4v) is 1.90. The van der Waals surface area contributed by atoms with Gasteiger partial charge in [-0.05, 0) is 31.5 Å². The lowest BCUT2D eigenvalue weighted by atomic mass is 10.3. The van der Waals surface area contributed by atoms with Gasteiger partial charge in [-0.1, -0.05) is 19.6 Å². The quantitative estimate of drug-likeness (QED) is 0.804. The molecule has 0 aliphatic heterocycles. The number of aromatic nitrogens is 2. The second-order valence-corrected chi connectivity index (χ2v) is 4.41. The first-order valence-corrected chi connectivity index (χ1v) is 6.25. The molecule has 98 valence electrons. The molecule has 2 rings (SSSR count). The highest BCUT2D eigenvalue weighted by molar-refractivity contribution is 5.78. The molecule has 4 heteroatoms. The highest BCUT2D eigenvalue weighted by atomic mass is 15.1. The van der Waals surface area contributed by atoms with Crippen molar-refractivity contribution < 1.29 is 0 Å². The van der Waals surface area contributed by atoms with E-state index in [4.69, 9.17) is 5.41 Å². The second kappa shape index (κ2) is 5.52. The van der Waals surface area contributed by atoms with Gasteiger partial charge in [0.25, 0.3) is 0 Å². The molecule has 0 amide bonds. The van der Waals surface area contributed by atoms with Gasteiger partial charge in [0.1, 0.15) is 5.82 Å². The van der Waals surface area contributed by atoms with Crippen molar-refractivity contribution in [2.24, 2.45) is 0 Å². The molecule has 4 nitrogen and oxygen atoms in total. The Morgan fingerprint density at radius 1 is 1.53 bits per heavy atom. The average molecular weight is 254 g/mol. The third-order valence-electron chi connectivity index (χ3n) is 2.76. The molecule has 0 unspecified atom stereocenters. The molecule has 19 heavy (non-hydrogen) atoms. The number of allylic oxidation sites excluding steroid dienone is 1. The fraction of sp³-hybridized carbons (Fsp3) is 0.200. The van der Waals surface area contributed by atoms with E-state index in [2.05, 4.69) is 23.8 Å². The summed E-state index contributed by atoms with van der Waals surface area (Å²) in [5.74, 6) is 0.826. The van der Waals surface area contributed by atoms with E-state index in [9.17, 15) is 0 Å². The van der Waals surface area contributed by atoms with E-state index >= 15 is 0 Å². The number of aryl methyl sites for hydroxylation is 1. The standard InChI is InChI=1S/C15H18N4/c1-4-12-6-5-7-15(18-12)19-10-13(17-11(2)3)8-14(19)9-16/h5-10,16-17H,2,4H2,1,3H3. The van der Waals surface area contributed by atoms with E-state index in [0.29, 0.717) is 0 Å². The van der Waals surface area contributed by atoms with Crippen LogP contribution in [0.4, 0.5) is 5.69 Å². The second-order valence-electron chi connectivity index (χ2n) is 4.41. The van der Waals surface area contributed by atoms with Gasteiger partial charge < -0.3 is 10.7 Å². The molecular formula is C15H18N4. The van der Waals surface area contributed by atoms with Crippen molar-refractivity contribution in [2.75, 3.05) is 5.32 Å². The topological polar surface area (TPSA) is 53.7 Å². The number of nitrogens with one attached hydrogen (secondary N) is 2. The van der Waals surface area contributed by atoms with Gasteiger partial charge in [-0.25, -0.2) is 4.98 Å². The SMILES string of the molecule is C=C(C)Nc1cc(C=N)n(-c2cccc(CC)n2)c1. The van der Waals surface area contributed by atoms with Gasteiger partial charge in [-0.15, -0.1) is 0 Å². The monoisotopic (exact) mass is 254 g/mol. The zero-order chi connectivity index (χ0) is 13.8. The van der Waals surface area contributed by atoms with E-state index < -0.39 is 0 Å². The number of rotatable bonds is 5. The van der Waals surface area contributed by atoms with Crippen LogP contribution in [0, 0.1) is 5.41 Å². The average Bonchev–Trinajstić information content (AvgIpc) is 2.81. The van der Waals surface area contributed by atoms with Crippen molar-refractivity contribution >= 4 is 11.9 Å². The third-order valence-corrected chi connectivity index (χ3v) is 2.76. The molecule has 0 saturated carbocycles. The molecule has 0 bridgehead atoms. The molecule has 0 fully saturated rings. The maximum absolute atomic E-state index is 7.50. The van der Waals surface area contributed by atoms with Crippen molar-refractivity contribution in [1.82, 2.24) is 9.55 Å². The number of anilines is 1. The largest absolute Gasteiger partial charge is 0.358 e. The van der Waals surface area contributed by atoms with Crippen molar-refractivity contribution in [3.63, 3.8) is 0 Å². The fourth-order valence-electron chi connectivity index (χ4n) is 1.90. The Morgan fingerprint density at radius 2 is 2.32 bits per heavy atom. The maximum Gasteiger partial charge on any atom is 0.137 e. The molecule has 2 aromatic rings. The van der Waals surface area contributed by atoms with Crippen LogP contribution in [0.1, 0.15) is 25.2 Å². The lowest BCUT2D eigenvalue weighted by Gasteiger charge is -2.06. The van der Waals surface area contributed by atoms with E-state index in [1.807, 2.05) is 42.0 Å². The van der Waals surface area contributed by atoms with Crippen LogP contribution in [0.2, 0.25) is 0 Å². The van der Waals surface area contributed by atoms with Gasteiger partial charge in [0.15, 0.2) is 0 Å². The van der Waals surface area contributed by atoms with Crippen LogP contribution in [0.5, 0.6) is 0 Å². The minimum Gasteiger partial charge on any atom is -0.358 e. The molecule has 0 saturated heterocycles. The van der Waals surface area contributed by atoms with Crippen LogP contribution >= 0.6 is 0 Å². The summed E-state index contributed by atoms with van der Waals surface area (Å²) in [7, 11) is 0. The van der Waals surface area contributed by atoms with Gasteiger partial charge in [0.05, 0.1) is 11.4 Å². The summed E-state index contributed by atoms with van der Waals surface area (Å²) in [6, 6.07) is 7.84. The lowest BCUT2D eigenvalue weighted by molar-refractivity contribution is 0.945. The van der Waals surface area contributed by atoms with Crippen LogP contribution in [-0.4, -0.2) is 15.8 Å². The minimum atomic E-state index is 0.782. The Bertz CT molecular complexity index is 610. The maximum atomic E-state index is 7.50. The molecule has 0 spiro atoms. The Labute approximate surface area is 113 Å². The number of hydrogen-bond acceptors (Lipinski definition) is 3.